The number of aromatic amines is 1. The number of aliphatic hydroxyl groups is 1. The molecule has 1 amide bonds. The average molecular weight is 373 g/mol. The van der Waals surface area contributed by atoms with Gasteiger partial charge in [0.15, 0.2) is 5.69 Å². The predicted octanol–water partition coefficient (Wildman–Crippen LogP) is 0.0300. The largest absolute Gasteiger partial charge is 0.396 e. The van der Waals surface area contributed by atoms with Crippen LogP contribution in [0.3, 0.4) is 0 Å². The van der Waals surface area contributed by atoms with E-state index in [1.807, 2.05) is 18.9 Å². The summed E-state index contributed by atoms with van der Waals surface area (Å²) < 4.78 is 2.14. The molecule has 0 aromatic carbocycles. The molecule has 27 heavy (non-hydrogen) atoms. The molecule has 2 aromatic heterocycles. The Bertz CT molecular complexity index is 873. The highest BCUT2D eigenvalue weighted by molar-refractivity contribution is 5.93. The van der Waals surface area contributed by atoms with Crippen molar-refractivity contribution in [1.29, 1.82) is 0 Å². The Balaban J connectivity index is 1.47. The number of aliphatic hydroxyl groups excluding tert-OH is 1. The fraction of sp³-hybridized carbons (Fsp3) is 0.667. The Kier molecular flexibility index (Phi) is 4.31. The first-order valence-electron chi connectivity index (χ1n) is 9.33. The topological polar surface area (TPSA) is 103 Å². The minimum atomic E-state index is -0.275. The zero-order chi connectivity index (χ0) is 19.3. The molecule has 9 nitrogen and oxygen atoms in total. The molecule has 0 saturated carbocycles. The molecule has 9 heteroatoms. The van der Waals surface area contributed by atoms with Crippen LogP contribution in [0, 0.1) is 32.1 Å². The molecular formula is C18H27N7O2. The fourth-order valence-corrected chi connectivity index (χ4v) is 4.55. The Morgan fingerprint density at radius 2 is 2.00 bits per heavy atom. The molecule has 4 rings (SSSR count). The molecule has 0 spiro atoms. The molecular weight excluding hydrogens is 346 g/mol. The number of imidazole rings is 1. The molecule has 146 valence electrons. The van der Waals surface area contributed by atoms with E-state index in [1.165, 1.54) is 5.69 Å². The van der Waals surface area contributed by atoms with Crippen LogP contribution in [0.4, 0.5) is 0 Å². The zero-order valence-corrected chi connectivity index (χ0v) is 16.4. The first kappa shape index (κ1) is 18.1. The highest BCUT2D eigenvalue weighted by atomic mass is 16.3. The van der Waals surface area contributed by atoms with Gasteiger partial charge in [0, 0.05) is 44.3 Å². The second-order valence-electron chi connectivity index (χ2n) is 8.09. The molecule has 2 atom stereocenters. The number of rotatable bonds is 4. The number of aromatic nitrogens is 5. The van der Waals surface area contributed by atoms with Gasteiger partial charge in [-0.15, -0.1) is 0 Å². The van der Waals surface area contributed by atoms with E-state index in [2.05, 4.69) is 36.8 Å². The SMILES string of the molecule is Cc1n[nH]nc1C(=O)N1CC2CN(Cc3nc(C)c(C)n3C)CC2(CO)C1. The maximum absolute atomic E-state index is 12.8. The van der Waals surface area contributed by atoms with Crippen LogP contribution in [-0.4, -0.2) is 78.6 Å². The lowest BCUT2D eigenvalue weighted by Gasteiger charge is -2.27. The van der Waals surface area contributed by atoms with Crippen molar-refractivity contribution < 1.29 is 9.90 Å². The van der Waals surface area contributed by atoms with Gasteiger partial charge in [0.2, 0.25) is 0 Å². The standard InChI is InChI=1S/C18H27N7O2/c1-11-13(3)23(4)15(19-11)7-24-5-14-6-25(9-18(14,8-24)10-26)17(27)16-12(2)20-22-21-16/h14,26H,5-10H2,1-4H3,(H,20,21,22). The molecule has 2 aliphatic heterocycles. The van der Waals surface area contributed by atoms with Crippen LogP contribution in [0.1, 0.15) is 33.4 Å². The van der Waals surface area contributed by atoms with Gasteiger partial charge in [0.1, 0.15) is 5.82 Å². The number of likely N-dealkylation sites (tertiary alicyclic amines) is 2. The number of carbonyl (C=O) groups excluding carboxylic acids is 1. The third kappa shape index (κ3) is 2.85. The van der Waals surface area contributed by atoms with Crippen molar-refractivity contribution in [2.24, 2.45) is 18.4 Å². The summed E-state index contributed by atoms with van der Waals surface area (Å²) in [7, 11) is 2.05. The van der Waals surface area contributed by atoms with Crippen LogP contribution in [0.25, 0.3) is 0 Å². The molecule has 2 aromatic rings. The highest BCUT2D eigenvalue weighted by Gasteiger charge is 2.53. The summed E-state index contributed by atoms with van der Waals surface area (Å²) in [6.07, 6.45) is 0. The van der Waals surface area contributed by atoms with Gasteiger partial charge >= 0.3 is 0 Å². The van der Waals surface area contributed by atoms with Crippen LogP contribution in [0.5, 0.6) is 0 Å². The van der Waals surface area contributed by atoms with Crippen molar-refractivity contribution in [3.05, 3.63) is 28.6 Å². The number of hydrogen-bond donors (Lipinski definition) is 2. The Labute approximate surface area is 158 Å². The summed E-state index contributed by atoms with van der Waals surface area (Å²) in [6, 6.07) is 0. The summed E-state index contributed by atoms with van der Waals surface area (Å²) in [5, 5.41) is 20.6. The van der Waals surface area contributed by atoms with E-state index in [4.69, 9.17) is 0 Å². The number of amides is 1. The molecule has 0 radical (unpaired) electrons. The van der Waals surface area contributed by atoms with Crippen molar-refractivity contribution in [3.8, 4) is 0 Å². The van der Waals surface area contributed by atoms with Gasteiger partial charge in [0.05, 0.1) is 24.5 Å². The molecule has 2 saturated heterocycles. The lowest BCUT2D eigenvalue weighted by Crippen LogP contribution is -2.39. The first-order valence-corrected chi connectivity index (χ1v) is 9.33. The van der Waals surface area contributed by atoms with Crippen LogP contribution in [0.15, 0.2) is 0 Å². The van der Waals surface area contributed by atoms with Crippen LogP contribution in [-0.2, 0) is 13.6 Å². The number of carbonyl (C=O) groups is 1. The summed E-state index contributed by atoms with van der Waals surface area (Å²) in [4.78, 5) is 21.6. The zero-order valence-electron chi connectivity index (χ0n) is 16.4. The predicted molar refractivity (Wildman–Crippen MR) is 98.0 cm³/mol. The van der Waals surface area contributed by atoms with Crippen molar-refractivity contribution in [1.82, 2.24) is 34.8 Å². The van der Waals surface area contributed by atoms with E-state index in [0.29, 0.717) is 24.5 Å². The van der Waals surface area contributed by atoms with Crippen LogP contribution < -0.4 is 0 Å². The van der Waals surface area contributed by atoms with Gasteiger partial charge in [-0.25, -0.2) is 4.98 Å². The second-order valence-corrected chi connectivity index (χ2v) is 8.09. The lowest BCUT2D eigenvalue weighted by atomic mass is 9.82. The minimum Gasteiger partial charge on any atom is -0.396 e. The monoisotopic (exact) mass is 373 g/mol. The molecule has 2 aliphatic rings. The smallest absolute Gasteiger partial charge is 0.276 e. The van der Waals surface area contributed by atoms with E-state index in [1.54, 1.807) is 6.92 Å². The highest BCUT2D eigenvalue weighted by Crippen LogP contribution is 2.43. The van der Waals surface area contributed by atoms with Crippen molar-refractivity contribution in [2.45, 2.75) is 27.3 Å². The summed E-state index contributed by atoms with van der Waals surface area (Å²) in [5.41, 5.74) is 2.95. The van der Waals surface area contributed by atoms with Crippen molar-refractivity contribution in [2.75, 3.05) is 32.8 Å². The van der Waals surface area contributed by atoms with Gasteiger partial charge < -0.3 is 14.6 Å². The number of aryl methyl sites for hydroxylation is 2. The fourth-order valence-electron chi connectivity index (χ4n) is 4.55. The Hall–Kier alpha value is -2.26. The third-order valence-corrected chi connectivity index (χ3v) is 6.43. The van der Waals surface area contributed by atoms with E-state index in [-0.39, 0.29) is 23.8 Å². The van der Waals surface area contributed by atoms with Gasteiger partial charge in [-0.2, -0.15) is 15.4 Å². The van der Waals surface area contributed by atoms with Crippen molar-refractivity contribution >= 4 is 5.91 Å². The number of nitrogens with one attached hydrogen (secondary N) is 1. The van der Waals surface area contributed by atoms with E-state index < -0.39 is 0 Å². The number of hydrogen-bond acceptors (Lipinski definition) is 6. The number of H-pyrrole nitrogens is 1. The lowest BCUT2D eigenvalue weighted by molar-refractivity contribution is 0.0711. The van der Waals surface area contributed by atoms with Gasteiger partial charge in [-0.05, 0) is 26.7 Å². The quantitative estimate of drug-likeness (QED) is 0.784. The average Bonchev–Trinajstić information content (AvgIpc) is 3.35. The summed E-state index contributed by atoms with van der Waals surface area (Å²) >= 11 is 0. The van der Waals surface area contributed by atoms with Gasteiger partial charge in [-0.3, -0.25) is 9.69 Å². The van der Waals surface area contributed by atoms with Gasteiger partial charge in [0.25, 0.3) is 5.91 Å². The maximum Gasteiger partial charge on any atom is 0.276 e. The maximum atomic E-state index is 12.8. The van der Waals surface area contributed by atoms with E-state index >= 15 is 0 Å². The molecule has 2 unspecified atom stereocenters. The van der Waals surface area contributed by atoms with E-state index in [0.717, 1.165) is 31.2 Å². The van der Waals surface area contributed by atoms with Crippen LogP contribution in [0.2, 0.25) is 0 Å². The van der Waals surface area contributed by atoms with E-state index in [9.17, 15) is 9.90 Å². The first-order chi connectivity index (χ1) is 12.8. The second kappa shape index (κ2) is 6.42. The molecule has 4 heterocycles. The molecule has 0 aliphatic carbocycles. The minimum absolute atomic E-state index is 0.0777. The molecule has 2 fully saturated rings. The number of nitrogens with zero attached hydrogens (tertiary/aromatic N) is 6. The molecule has 2 N–H and O–H groups in total. The Morgan fingerprint density at radius 3 is 2.56 bits per heavy atom. The normalized spacial score (nSPS) is 25.4. The summed E-state index contributed by atoms with van der Waals surface area (Å²) in [5.74, 6) is 1.19. The van der Waals surface area contributed by atoms with Gasteiger partial charge in [-0.1, -0.05) is 0 Å². The van der Waals surface area contributed by atoms with Crippen LogP contribution >= 0.6 is 0 Å². The number of fused-ring (bicyclic) bond motifs is 1. The third-order valence-electron chi connectivity index (χ3n) is 6.43. The summed E-state index contributed by atoms with van der Waals surface area (Å²) in [6.45, 7) is 9.53. The van der Waals surface area contributed by atoms with Crippen molar-refractivity contribution in [3.63, 3.8) is 0 Å². The Morgan fingerprint density at radius 1 is 1.22 bits per heavy atom. The molecule has 0 bridgehead atoms.